The van der Waals surface area contributed by atoms with E-state index in [1.165, 1.54) is 10.6 Å². The lowest BCUT2D eigenvalue weighted by Crippen LogP contribution is -2.35. The van der Waals surface area contributed by atoms with Crippen molar-refractivity contribution in [2.45, 2.75) is 25.4 Å². The quantitative estimate of drug-likeness (QED) is 0.627. The van der Waals surface area contributed by atoms with Gasteiger partial charge in [0.15, 0.2) is 0 Å². The molecule has 72 valence electrons. The summed E-state index contributed by atoms with van der Waals surface area (Å²) >= 11 is 0. The summed E-state index contributed by atoms with van der Waals surface area (Å²) in [5, 5.41) is 9.32. The van der Waals surface area contributed by atoms with Gasteiger partial charge in [0.05, 0.1) is 12.4 Å². The molecule has 1 unspecified atom stereocenters. The molecule has 0 saturated carbocycles. The van der Waals surface area contributed by atoms with Crippen LogP contribution in [0.4, 0.5) is 0 Å². The molecule has 1 N–H and O–H groups in total. The Hall–Kier alpha value is -0.130. The Morgan fingerprint density at radius 2 is 2.08 bits per heavy atom. The van der Waals surface area contributed by atoms with Crippen molar-refractivity contribution >= 4 is 10.0 Å². The summed E-state index contributed by atoms with van der Waals surface area (Å²) in [6, 6.07) is 0. The maximum atomic E-state index is 11.1. The Kier molecular flexibility index (Phi) is 3.09. The van der Waals surface area contributed by atoms with E-state index in [2.05, 4.69) is 0 Å². The summed E-state index contributed by atoms with van der Waals surface area (Å²) in [7, 11) is -3.11. The first-order valence-electron chi connectivity index (χ1n) is 4.13. The molecule has 0 amide bonds. The van der Waals surface area contributed by atoms with Crippen LogP contribution in [0.2, 0.25) is 0 Å². The molecule has 1 aliphatic heterocycles. The van der Waals surface area contributed by atoms with Gasteiger partial charge in [-0.05, 0) is 19.3 Å². The van der Waals surface area contributed by atoms with Gasteiger partial charge in [0.1, 0.15) is 0 Å². The highest BCUT2D eigenvalue weighted by atomic mass is 32.2. The largest absolute Gasteiger partial charge is 0.392 e. The van der Waals surface area contributed by atoms with Gasteiger partial charge in [-0.15, -0.1) is 0 Å². The topological polar surface area (TPSA) is 57.6 Å². The van der Waals surface area contributed by atoms with Crippen molar-refractivity contribution in [3.8, 4) is 0 Å². The summed E-state index contributed by atoms with van der Waals surface area (Å²) in [4.78, 5) is 0. The van der Waals surface area contributed by atoms with Gasteiger partial charge in [-0.25, -0.2) is 8.42 Å². The number of hydrogen-bond donors (Lipinski definition) is 1. The van der Waals surface area contributed by atoms with Crippen molar-refractivity contribution in [2.75, 3.05) is 19.3 Å². The van der Waals surface area contributed by atoms with Gasteiger partial charge < -0.3 is 5.11 Å². The molecular formula is C7H15NO3S. The number of sulfonamides is 1. The molecule has 1 atom stereocenters. The first kappa shape index (κ1) is 9.95. The molecule has 12 heavy (non-hydrogen) atoms. The number of hydrogen-bond acceptors (Lipinski definition) is 3. The molecule has 0 bridgehead atoms. The maximum absolute atomic E-state index is 11.1. The Bertz CT molecular complexity index is 237. The Morgan fingerprint density at radius 3 is 2.67 bits per heavy atom. The normalized spacial score (nSPS) is 28.3. The fourth-order valence-corrected chi connectivity index (χ4v) is 2.29. The number of β-amino-alcohol motifs (C(OH)–C–C–N with tert-alkyl or cyclic N) is 1. The smallest absolute Gasteiger partial charge is 0.211 e. The third-order valence-corrected chi connectivity index (χ3v) is 3.35. The van der Waals surface area contributed by atoms with Crippen molar-refractivity contribution in [1.82, 2.24) is 4.31 Å². The SMILES string of the molecule is CS(=O)(=O)N1CCCCC(O)C1. The van der Waals surface area contributed by atoms with E-state index in [0.29, 0.717) is 13.0 Å². The molecule has 0 radical (unpaired) electrons. The number of aliphatic hydroxyl groups excluding tert-OH is 1. The molecule has 1 rings (SSSR count). The van der Waals surface area contributed by atoms with E-state index >= 15 is 0 Å². The van der Waals surface area contributed by atoms with E-state index in [9.17, 15) is 13.5 Å². The van der Waals surface area contributed by atoms with Gasteiger partial charge in [-0.2, -0.15) is 4.31 Å². The zero-order chi connectivity index (χ0) is 9.19. The minimum Gasteiger partial charge on any atom is -0.392 e. The molecule has 4 nitrogen and oxygen atoms in total. The van der Waals surface area contributed by atoms with Gasteiger partial charge in [0, 0.05) is 13.1 Å². The highest BCUT2D eigenvalue weighted by Gasteiger charge is 2.22. The second-order valence-corrected chi connectivity index (χ2v) is 5.25. The first-order chi connectivity index (χ1) is 5.50. The van der Waals surface area contributed by atoms with Crippen LogP contribution in [0.15, 0.2) is 0 Å². The van der Waals surface area contributed by atoms with E-state index in [0.717, 1.165) is 12.8 Å². The van der Waals surface area contributed by atoms with Crippen LogP contribution in [0, 0.1) is 0 Å². The number of nitrogens with zero attached hydrogens (tertiary/aromatic N) is 1. The first-order valence-corrected chi connectivity index (χ1v) is 5.98. The molecule has 0 aromatic heterocycles. The van der Waals surface area contributed by atoms with E-state index in [1.54, 1.807) is 0 Å². The lowest BCUT2D eigenvalue weighted by molar-refractivity contribution is 0.149. The van der Waals surface area contributed by atoms with Gasteiger partial charge in [0.25, 0.3) is 0 Å². The summed E-state index contributed by atoms with van der Waals surface area (Å²) in [6.45, 7) is 0.814. The van der Waals surface area contributed by atoms with Crippen molar-refractivity contribution in [3.05, 3.63) is 0 Å². The van der Waals surface area contributed by atoms with Crippen LogP contribution in [0.3, 0.4) is 0 Å². The number of rotatable bonds is 1. The minimum atomic E-state index is -3.11. The fraction of sp³-hybridized carbons (Fsp3) is 1.00. The molecule has 0 aromatic carbocycles. The summed E-state index contributed by atoms with van der Waals surface area (Å²) in [5.41, 5.74) is 0. The fourth-order valence-electron chi connectivity index (χ4n) is 1.39. The molecular weight excluding hydrogens is 178 g/mol. The van der Waals surface area contributed by atoms with E-state index in [1.807, 2.05) is 0 Å². The predicted octanol–water partition coefficient (Wildman–Crippen LogP) is -0.207. The average Bonchev–Trinajstić information content (AvgIpc) is 2.11. The predicted molar refractivity (Wildman–Crippen MR) is 46.3 cm³/mol. The minimum absolute atomic E-state index is 0.263. The van der Waals surface area contributed by atoms with Crippen LogP contribution in [0.1, 0.15) is 19.3 Å². The van der Waals surface area contributed by atoms with Crippen LogP contribution < -0.4 is 0 Å². The average molecular weight is 193 g/mol. The molecule has 1 heterocycles. The van der Waals surface area contributed by atoms with E-state index < -0.39 is 16.1 Å². The third-order valence-electron chi connectivity index (χ3n) is 2.08. The van der Waals surface area contributed by atoms with Gasteiger partial charge in [-0.1, -0.05) is 0 Å². The highest BCUT2D eigenvalue weighted by molar-refractivity contribution is 7.88. The molecule has 1 aliphatic rings. The van der Waals surface area contributed by atoms with Crippen LogP contribution >= 0.6 is 0 Å². The van der Waals surface area contributed by atoms with Crippen LogP contribution in [-0.4, -0.2) is 43.3 Å². The summed E-state index contributed by atoms with van der Waals surface area (Å²) in [6.07, 6.45) is 3.18. The van der Waals surface area contributed by atoms with E-state index in [4.69, 9.17) is 0 Å². The lowest BCUT2D eigenvalue weighted by atomic mass is 10.2. The Labute approximate surface area is 73.2 Å². The molecule has 5 heteroatoms. The Morgan fingerprint density at radius 1 is 1.42 bits per heavy atom. The van der Waals surface area contributed by atoms with Crippen molar-refractivity contribution in [3.63, 3.8) is 0 Å². The van der Waals surface area contributed by atoms with Crippen LogP contribution in [-0.2, 0) is 10.0 Å². The van der Waals surface area contributed by atoms with Crippen LogP contribution in [0.5, 0.6) is 0 Å². The lowest BCUT2D eigenvalue weighted by Gasteiger charge is -2.18. The molecule has 0 aromatic rings. The maximum Gasteiger partial charge on any atom is 0.211 e. The zero-order valence-corrected chi connectivity index (χ0v) is 8.05. The van der Waals surface area contributed by atoms with Gasteiger partial charge in [-0.3, -0.25) is 0 Å². The van der Waals surface area contributed by atoms with Crippen molar-refractivity contribution in [1.29, 1.82) is 0 Å². The van der Waals surface area contributed by atoms with E-state index in [-0.39, 0.29) is 6.54 Å². The molecule has 0 aliphatic carbocycles. The molecule has 0 spiro atoms. The van der Waals surface area contributed by atoms with Gasteiger partial charge in [0.2, 0.25) is 10.0 Å². The summed E-state index contributed by atoms with van der Waals surface area (Å²) in [5.74, 6) is 0. The van der Waals surface area contributed by atoms with Crippen molar-refractivity contribution < 1.29 is 13.5 Å². The standard InChI is InChI=1S/C7H15NO3S/c1-12(10,11)8-5-3-2-4-7(9)6-8/h7,9H,2-6H2,1H3. The highest BCUT2D eigenvalue weighted by Crippen LogP contribution is 2.12. The van der Waals surface area contributed by atoms with Crippen molar-refractivity contribution in [2.24, 2.45) is 0 Å². The second kappa shape index (κ2) is 3.72. The third kappa shape index (κ3) is 2.73. The zero-order valence-electron chi connectivity index (χ0n) is 7.23. The van der Waals surface area contributed by atoms with Gasteiger partial charge >= 0.3 is 0 Å². The summed E-state index contributed by atoms with van der Waals surface area (Å²) < 4.78 is 23.6. The number of aliphatic hydroxyl groups is 1. The second-order valence-electron chi connectivity index (χ2n) is 3.27. The van der Waals surface area contributed by atoms with Crippen LogP contribution in [0.25, 0.3) is 0 Å². The molecule has 1 fully saturated rings. The Balaban J connectivity index is 2.65. The molecule has 1 saturated heterocycles. The monoisotopic (exact) mass is 193 g/mol.